The number of carbonyl (C=O) groups is 1. The monoisotopic (exact) mass is 286 g/mol. The van der Waals surface area contributed by atoms with Crippen LogP contribution in [0.3, 0.4) is 0 Å². The number of benzene rings is 2. The number of methoxy groups -OCH3 is 1. The van der Waals surface area contributed by atoms with Crippen LogP contribution in [0.25, 0.3) is 0 Å². The van der Waals surface area contributed by atoms with Gasteiger partial charge in [-0.05, 0) is 35.4 Å². The first kappa shape index (κ1) is 15.0. The summed E-state index contributed by atoms with van der Waals surface area (Å²) in [6, 6.07) is 14.8. The van der Waals surface area contributed by atoms with E-state index in [9.17, 15) is 4.79 Å². The average Bonchev–Trinajstić information content (AvgIpc) is 2.53. The van der Waals surface area contributed by atoms with Crippen molar-refractivity contribution in [2.75, 3.05) is 7.11 Å². The van der Waals surface area contributed by atoms with E-state index < -0.39 is 0 Å². The molecule has 21 heavy (non-hydrogen) atoms. The van der Waals surface area contributed by atoms with E-state index in [-0.39, 0.29) is 5.91 Å². The molecule has 2 aromatic rings. The molecule has 1 amide bonds. The summed E-state index contributed by atoms with van der Waals surface area (Å²) in [6.07, 6.45) is 0. The normalized spacial score (nSPS) is 10.2. The molecule has 0 aliphatic carbocycles. The third kappa shape index (κ3) is 4.30. The van der Waals surface area contributed by atoms with Gasteiger partial charge in [0.1, 0.15) is 12.4 Å². The summed E-state index contributed by atoms with van der Waals surface area (Å²) >= 11 is 0. The molecule has 0 saturated carbocycles. The zero-order chi connectivity index (χ0) is 15.1. The Bertz CT molecular complexity index is 597. The molecule has 0 atom stereocenters. The van der Waals surface area contributed by atoms with Crippen molar-refractivity contribution in [3.63, 3.8) is 0 Å². The Morgan fingerprint density at radius 2 is 1.86 bits per heavy atom. The van der Waals surface area contributed by atoms with Crippen molar-refractivity contribution in [1.82, 2.24) is 5.43 Å². The van der Waals surface area contributed by atoms with E-state index in [1.165, 1.54) is 0 Å². The van der Waals surface area contributed by atoms with Crippen molar-refractivity contribution in [2.45, 2.75) is 13.2 Å². The van der Waals surface area contributed by atoms with Crippen LogP contribution in [0.4, 0.5) is 0 Å². The number of rotatable bonds is 6. The minimum Gasteiger partial charge on any atom is -0.489 e. The molecule has 3 N–H and O–H groups in total. The molecule has 0 aliphatic rings. The molecule has 5 nitrogen and oxygen atoms in total. The molecule has 5 heteroatoms. The van der Waals surface area contributed by atoms with Crippen molar-refractivity contribution in [3.05, 3.63) is 65.2 Å². The van der Waals surface area contributed by atoms with Gasteiger partial charge in [0.25, 0.3) is 5.91 Å². The SMILES string of the molecule is COCc1cccc(OCc2ccc(C(=O)NN)cc2)c1. The molecule has 2 rings (SSSR count). The lowest BCUT2D eigenvalue weighted by Gasteiger charge is -2.08. The number of carbonyl (C=O) groups excluding carboxylic acids is 1. The van der Waals surface area contributed by atoms with E-state index in [1.54, 1.807) is 19.2 Å². The molecule has 2 aromatic carbocycles. The van der Waals surface area contributed by atoms with E-state index in [0.717, 1.165) is 16.9 Å². The average molecular weight is 286 g/mol. The lowest BCUT2D eigenvalue weighted by atomic mass is 10.1. The summed E-state index contributed by atoms with van der Waals surface area (Å²) in [5, 5.41) is 0. The molecular weight excluding hydrogens is 268 g/mol. The van der Waals surface area contributed by atoms with Crippen LogP contribution in [-0.4, -0.2) is 13.0 Å². The van der Waals surface area contributed by atoms with Crippen molar-refractivity contribution < 1.29 is 14.3 Å². The smallest absolute Gasteiger partial charge is 0.265 e. The van der Waals surface area contributed by atoms with Gasteiger partial charge >= 0.3 is 0 Å². The fourth-order valence-corrected chi connectivity index (χ4v) is 1.89. The Morgan fingerprint density at radius 1 is 1.10 bits per heavy atom. The molecule has 0 aromatic heterocycles. The lowest BCUT2D eigenvalue weighted by Crippen LogP contribution is -2.29. The second kappa shape index (κ2) is 7.42. The summed E-state index contributed by atoms with van der Waals surface area (Å²) < 4.78 is 10.8. The van der Waals surface area contributed by atoms with Crippen LogP contribution in [0.15, 0.2) is 48.5 Å². The number of ether oxygens (including phenoxy) is 2. The highest BCUT2D eigenvalue weighted by atomic mass is 16.5. The largest absolute Gasteiger partial charge is 0.489 e. The molecule has 0 heterocycles. The number of nitrogens with two attached hydrogens (primary N) is 1. The van der Waals surface area contributed by atoms with Crippen molar-refractivity contribution >= 4 is 5.91 Å². The maximum absolute atomic E-state index is 11.3. The first-order chi connectivity index (χ1) is 10.2. The fourth-order valence-electron chi connectivity index (χ4n) is 1.89. The van der Waals surface area contributed by atoms with E-state index in [4.69, 9.17) is 15.3 Å². The Labute approximate surface area is 123 Å². The second-order valence-electron chi connectivity index (χ2n) is 4.54. The quantitative estimate of drug-likeness (QED) is 0.484. The molecule has 0 aliphatic heterocycles. The van der Waals surface area contributed by atoms with Crippen LogP contribution in [0.1, 0.15) is 21.5 Å². The Kier molecular flexibility index (Phi) is 5.31. The Morgan fingerprint density at radius 3 is 2.52 bits per heavy atom. The second-order valence-corrected chi connectivity index (χ2v) is 4.54. The maximum Gasteiger partial charge on any atom is 0.265 e. The Balaban J connectivity index is 1.96. The van der Waals surface area contributed by atoms with Crippen LogP contribution < -0.4 is 16.0 Å². The van der Waals surface area contributed by atoms with Gasteiger partial charge < -0.3 is 9.47 Å². The number of hydrogen-bond acceptors (Lipinski definition) is 4. The first-order valence-corrected chi connectivity index (χ1v) is 6.53. The van der Waals surface area contributed by atoms with Crippen molar-refractivity contribution in [3.8, 4) is 5.75 Å². The predicted molar refractivity (Wildman–Crippen MR) is 79.6 cm³/mol. The van der Waals surface area contributed by atoms with Crippen LogP contribution in [0.5, 0.6) is 5.75 Å². The molecule has 0 bridgehead atoms. The summed E-state index contributed by atoms with van der Waals surface area (Å²) in [5.74, 6) is 5.56. The van der Waals surface area contributed by atoms with Gasteiger partial charge in [-0.3, -0.25) is 10.2 Å². The number of hydrazine groups is 1. The highest BCUT2D eigenvalue weighted by Crippen LogP contribution is 2.16. The van der Waals surface area contributed by atoms with Crippen LogP contribution in [-0.2, 0) is 18.0 Å². The molecule has 0 fully saturated rings. The van der Waals surface area contributed by atoms with Gasteiger partial charge in [0, 0.05) is 12.7 Å². The third-order valence-corrected chi connectivity index (χ3v) is 2.96. The van der Waals surface area contributed by atoms with Gasteiger partial charge in [0.15, 0.2) is 0 Å². The number of nitrogen functional groups attached to an aromatic ring is 1. The van der Waals surface area contributed by atoms with Gasteiger partial charge in [0.05, 0.1) is 6.61 Å². The highest BCUT2D eigenvalue weighted by Gasteiger charge is 2.03. The zero-order valence-corrected chi connectivity index (χ0v) is 11.8. The van der Waals surface area contributed by atoms with E-state index in [2.05, 4.69) is 5.43 Å². The molecule has 0 unspecified atom stereocenters. The lowest BCUT2D eigenvalue weighted by molar-refractivity contribution is 0.0953. The molecule has 0 spiro atoms. The Hall–Kier alpha value is -2.37. The van der Waals surface area contributed by atoms with Gasteiger partial charge in [0.2, 0.25) is 0 Å². The van der Waals surface area contributed by atoms with Gasteiger partial charge in [-0.15, -0.1) is 0 Å². The maximum atomic E-state index is 11.3. The summed E-state index contributed by atoms with van der Waals surface area (Å²) in [4.78, 5) is 11.3. The fraction of sp³-hybridized carbons (Fsp3) is 0.188. The molecular formula is C16H18N2O3. The third-order valence-electron chi connectivity index (χ3n) is 2.96. The predicted octanol–water partition coefficient (Wildman–Crippen LogP) is 2.02. The molecule has 0 saturated heterocycles. The number of hydrogen-bond donors (Lipinski definition) is 2. The van der Waals surface area contributed by atoms with E-state index in [0.29, 0.717) is 18.8 Å². The summed E-state index contributed by atoms with van der Waals surface area (Å²) in [7, 11) is 1.66. The van der Waals surface area contributed by atoms with Crippen LogP contribution in [0, 0.1) is 0 Å². The highest BCUT2D eigenvalue weighted by molar-refractivity contribution is 5.93. The molecule has 110 valence electrons. The van der Waals surface area contributed by atoms with Crippen LogP contribution in [0.2, 0.25) is 0 Å². The summed E-state index contributed by atoms with van der Waals surface area (Å²) in [6.45, 7) is 0.987. The van der Waals surface area contributed by atoms with Crippen molar-refractivity contribution in [1.29, 1.82) is 0 Å². The van der Waals surface area contributed by atoms with E-state index >= 15 is 0 Å². The minimum atomic E-state index is -0.310. The topological polar surface area (TPSA) is 73.6 Å². The molecule has 0 radical (unpaired) electrons. The van der Waals surface area contributed by atoms with E-state index in [1.807, 2.05) is 36.4 Å². The zero-order valence-electron chi connectivity index (χ0n) is 11.8. The number of nitrogens with one attached hydrogen (secondary N) is 1. The minimum absolute atomic E-state index is 0.310. The van der Waals surface area contributed by atoms with Crippen LogP contribution >= 0.6 is 0 Å². The number of amides is 1. The van der Waals surface area contributed by atoms with Crippen molar-refractivity contribution in [2.24, 2.45) is 5.84 Å². The summed E-state index contributed by atoms with van der Waals surface area (Å²) in [5.41, 5.74) is 4.64. The van der Waals surface area contributed by atoms with Gasteiger partial charge in [-0.25, -0.2) is 5.84 Å². The van der Waals surface area contributed by atoms with Gasteiger partial charge in [-0.2, -0.15) is 0 Å². The standard InChI is InChI=1S/C16H18N2O3/c1-20-10-13-3-2-4-15(9-13)21-11-12-5-7-14(8-6-12)16(19)18-17/h2-9H,10-11,17H2,1H3,(H,18,19). The van der Waals surface area contributed by atoms with Gasteiger partial charge in [-0.1, -0.05) is 24.3 Å². The first-order valence-electron chi connectivity index (χ1n) is 6.53.